The Labute approximate surface area is 172 Å². The second-order valence-electron chi connectivity index (χ2n) is 6.11. The Morgan fingerprint density at radius 2 is 1.97 bits per heavy atom. The summed E-state index contributed by atoms with van der Waals surface area (Å²) >= 11 is 6.11. The van der Waals surface area contributed by atoms with Gasteiger partial charge in [-0.05, 0) is 30.3 Å². The number of hydrogen-bond acceptors (Lipinski definition) is 5. The van der Waals surface area contributed by atoms with Crippen LogP contribution in [0.1, 0.15) is 12.0 Å². The van der Waals surface area contributed by atoms with Crippen LogP contribution >= 0.6 is 11.6 Å². The van der Waals surface area contributed by atoms with Crippen molar-refractivity contribution in [3.8, 4) is 22.8 Å². The molecule has 0 fully saturated rings. The molecule has 0 saturated heterocycles. The minimum absolute atomic E-state index is 0.0239. The van der Waals surface area contributed by atoms with Crippen LogP contribution in [0.5, 0.6) is 11.5 Å². The fourth-order valence-corrected chi connectivity index (χ4v) is 2.99. The molecule has 0 bridgehead atoms. The number of rotatable bonds is 6. The lowest BCUT2D eigenvalue weighted by Gasteiger charge is -2.16. The van der Waals surface area contributed by atoms with Gasteiger partial charge in [0.2, 0.25) is 11.2 Å². The summed E-state index contributed by atoms with van der Waals surface area (Å²) in [4.78, 5) is 23.5. The van der Waals surface area contributed by atoms with Crippen molar-refractivity contribution in [3.05, 3.63) is 57.2 Å². The van der Waals surface area contributed by atoms with Crippen LogP contribution < -0.4 is 14.9 Å². The third kappa shape index (κ3) is 4.20. The highest BCUT2D eigenvalue weighted by molar-refractivity contribution is 6.34. The zero-order valence-corrected chi connectivity index (χ0v) is 16.1. The number of aliphatic carboxylic acids is 1. The van der Waals surface area contributed by atoms with Crippen LogP contribution in [0.4, 0.5) is 13.2 Å². The Hall–Kier alpha value is -3.20. The van der Waals surface area contributed by atoms with Gasteiger partial charge in [-0.25, -0.2) is 0 Å². The molecule has 0 spiro atoms. The average molecular weight is 443 g/mol. The number of alkyl halides is 3. The van der Waals surface area contributed by atoms with E-state index < -0.39 is 36.2 Å². The summed E-state index contributed by atoms with van der Waals surface area (Å²) < 4.78 is 55.7. The van der Waals surface area contributed by atoms with Crippen LogP contribution in [0.3, 0.4) is 0 Å². The smallest absolute Gasteiger partial charge is 0.416 e. The van der Waals surface area contributed by atoms with Crippen molar-refractivity contribution in [1.29, 1.82) is 0 Å². The summed E-state index contributed by atoms with van der Waals surface area (Å²) in [5, 5.41) is 9.02. The van der Waals surface area contributed by atoms with Crippen molar-refractivity contribution >= 4 is 28.5 Å². The minimum Gasteiger partial charge on any atom is -0.492 e. The first-order chi connectivity index (χ1) is 14.1. The maximum atomic E-state index is 13.2. The van der Waals surface area contributed by atoms with Crippen molar-refractivity contribution in [2.24, 2.45) is 0 Å². The Kier molecular flexibility index (Phi) is 5.93. The Balaban J connectivity index is 2.25. The molecule has 158 valence electrons. The molecule has 0 unspecified atom stereocenters. The van der Waals surface area contributed by atoms with Crippen molar-refractivity contribution in [1.82, 2.24) is 0 Å². The monoisotopic (exact) mass is 442 g/mol. The molecular weight excluding hydrogens is 429 g/mol. The number of halogens is 4. The highest BCUT2D eigenvalue weighted by Gasteiger charge is 2.32. The highest BCUT2D eigenvalue weighted by atomic mass is 35.5. The number of carboxylic acid groups (broad SMARTS) is 1. The molecule has 0 radical (unpaired) electrons. The molecule has 3 aromatic rings. The molecule has 1 N–H and O–H groups in total. The molecule has 1 heterocycles. The third-order valence-electron chi connectivity index (χ3n) is 4.16. The van der Waals surface area contributed by atoms with Crippen LogP contribution in [0.25, 0.3) is 22.3 Å². The quantitative estimate of drug-likeness (QED) is 0.578. The van der Waals surface area contributed by atoms with E-state index >= 15 is 0 Å². The third-order valence-corrected chi connectivity index (χ3v) is 4.46. The van der Waals surface area contributed by atoms with Gasteiger partial charge < -0.3 is 19.0 Å². The first-order valence-corrected chi connectivity index (χ1v) is 8.86. The lowest BCUT2D eigenvalue weighted by molar-refractivity contribution is -0.139. The number of hydrogen-bond donors (Lipinski definition) is 1. The Bertz CT molecular complexity index is 1170. The van der Waals surface area contributed by atoms with Crippen molar-refractivity contribution < 1.29 is 37.0 Å². The predicted octanol–water partition coefficient (Wildman–Crippen LogP) is 4.99. The van der Waals surface area contributed by atoms with Crippen molar-refractivity contribution in [3.63, 3.8) is 0 Å². The molecule has 3 rings (SSSR count). The number of para-hydroxylation sites is 1. The lowest BCUT2D eigenvalue weighted by atomic mass is 10.1. The van der Waals surface area contributed by atoms with Gasteiger partial charge in [0.25, 0.3) is 0 Å². The van der Waals surface area contributed by atoms with Gasteiger partial charge in [0.1, 0.15) is 5.75 Å². The summed E-state index contributed by atoms with van der Waals surface area (Å²) in [6, 6.07) is 7.04. The van der Waals surface area contributed by atoms with E-state index in [0.717, 1.165) is 12.1 Å². The second kappa shape index (κ2) is 8.27. The van der Waals surface area contributed by atoms with Gasteiger partial charge in [0, 0.05) is 0 Å². The standard InChI is InChI=1S/C20H14ClF3O6/c1-28-19-16(27)12-3-2-4-13(21)17(12)30-18(19)11-6-5-10(20(22,23)24)9-14(11)29-8-7-15(25)26/h2-6,9H,7-8H2,1H3,(H,25,26). The van der Waals surface area contributed by atoms with Gasteiger partial charge in [0.15, 0.2) is 11.3 Å². The molecule has 0 aliphatic carbocycles. The first kappa shape index (κ1) is 21.5. The van der Waals surface area contributed by atoms with E-state index in [1.807, 2.05) is 0 Å². The number of carboxylic acids is 1. The molecule has 30 heavy (non-hydrogen) atoms. The van der Waals surface area contributed by atoms with Gasteiger partial charge in [-0.3, -0.25) is 9.59 Å². The van der Waals surface area contributed by atoms with Crippen LogP contribution in [0.2, 0.25) is 5.02 Å². The molecule has 0 saturated carbocycles. The molecule has 0 atom stereocenters. The van der Waals surface area contributed by atoms with Crippen molar-refractivity contribution in [2.45, 2.75) is 12.6 Å². The molecular formula is C20H14ClF3O6. The minimum atomic E-state index is -4.67. The molecule has 0 aliphatic heterocycles. The zero-order valence-electron chi connectivity index (χ0n) is 15.4. The fraction of sp³-hybridized carbons (Fsp3) is 0.200. The van der Waals surface area contributed by atoms with Gasteiger partial charge >= 0.3 is 12.1 Å². The van der Waals surface area contributed by atoms with E-state index in [1.165, 1.54) is 19.2 Å². The van der Waals surface area contributed by atoms with Gasteiger partial charge in [-0.1, -0.05) is 17.7 Å². The number of methoxy groups -OCH3 is 1. The topological polar surface area (TPSA) is 86.0 Å². The number of fused-ring (bicyclic) bond motifs is 1. The summed E-state index contributed by atoms with van der Waals surface area (Å²) in [5.74, 6) is -1.96. The van der Waals surface area contributed by atoms with Crippen LogP contribution in [-0.2, 0) is 11.0 Å². The summed E-state index contributed by atoms with van der Waals surface area (Å²) in [6.45, 7) is -0.398. The SMILES string of the molecule is COc1c(-c2ccc(C(F)(F)F)cc2OCCC(=O)O)oc2c(Cl)cccc2c1=O. The first-order valence-electron chi connectivity index (χ1n) is 8.49. The van der Waals surface area contributed by atoms with Gasteiger partial charge in [0.05, 0.1) is 41.7 Å². The normalized spacial score (nSPS) is 11.5. The average Bonchev–Trinajstić information content (AvgIpc) is 2.67. The highest BCUT2D eigenvalue weighted by Crippen LogP contribution is 2.41. The maximum Gasteiger partial charge on any atom is 0.416 e. The second-order valence-corrected chi connectivity index (χ2v) is 6.52. The molecule has 0 amide bonds. The van der Waals surface area contributed by atoms with Gasteiger partial charge in [-0.15, -0.1) is 0 Å². The van der Waals surface area contributed by atoms with Crippen LogP contribution in [-0.4, -0.2) is 24.8 Å². The van der Waals surface area contributed by atoms with E-state index in [-0.39, 0.29) is 38.8 Å². The van der Waals surface area contributed by atoms with E-state index in [1.54, 1.807) is 6.07 Å². The molecule has 6 nitrogen and oxygen atoms in total. The maximum absolute atomic E-state index is 13.2. The summed E-state index contributed by atoms with van der Waals surface area (Å²) in [5.41, 5.74) is -1.59. The van der Waals surface area contributed by atoms with E-state index in [2.05, 4.69) is 0 Å². The largest absolute Gasteiger partial charge is 0.492 e. The Morgan fingerprint density at radius 1 is 1.23 bits per heavy atom. The predicted molar refractivity (Wildman–Crippen MR) is 102 cm³/mol. The van der Waals surface area contributed by atoms with Crippen molar-refractivity contribution in [2.75, 3.05) is 13.7 Å². The zero-order chi connectivity index (χ0) is 22.1. The number of carbonyl (C=O) groups is 1. The fourth-order valence-electron chi connectivity index (χ4n) is 2.78. The summed E-state index contributed by atoms with van der Waals surface area (Å²) in [7, 11) is 1.21. The Morgan fingerprint density at radius 3 is 2.60 bits per heavy atom. The van der Waals surface area contributed by atoms with E-state index in [9.17, 15) is 22.8 Å². The van der Waals surface area contributed by atoms with E-state index in [4.69, 9.17) is 30.6 Å². The number of benzene rings is 2. The van der Waals surface area contributed by atoms with E-state index in [0.29, 0.717) is 6.07 Å². The lowest BCUT2D eigenvalue weighted by Crippen LogP contribution is -2.10. The number of ether oxygens (including phenoxy) is 2. The molecule has 10 heteroatoms. The van der Waals surface area contributed by atoms with Gasteiger partial charge in [-0.2, -0.15) is 13.2 Å². The summed E-state index contributed by atoms with van der Waals surface area (Å²) in [6.07, 6.45) is -5.11. The van der Waals surface area contributed by atoms with Crippen LogP contribution in [0, 0.1) is 0 Å². The molecule has 1 aromatic heterocycles. The molecule has 2 aromatic carbocycles. The van der Waals surface area contributed by atoms with Crippen LogP contribution in [0.15, 0.2) is 45.6 Å². The molecule has 0 aliphatic rings.